The van der Waals surface area contributed by atoms with Crippen LogP contribution in [0, 0.1) is 17.6 Å². The Morgan fingerprint density at radius 3 is 2.07 bits per heavy atom. The lowest BCUT2D eigenvalue weighted by Gasteiger charge is -2.42. The molecule has 0 aliphatic carbocycles. The van der Waals surface area contributed by atoms with Gasteiger partial charge in [-0.1, -0.05) is 6.07 Å². The predicted molar refractivity (Wildman–Crippen MR) is 209 cm³/mol. The van der Waals surface area contributed by atoms with Gasteiger partial charge in [0.05, 0.1) is 23.7 Å². The molecule has 0 aromatic heterocycles. The van der Waals surface area contributed by atoms with E-state index in [1.807, 2.05) is 17.0 Å². The van der Waals surface area contributed by atoms with Gasteiger partial charge in [-0.05, 0) is 123 Å². The first-order chi connectivity index (χ1) is 28.3. The summed E-state index contributed by atoms with van der Waals surface area (Å²) in [4.78, 5) is 60.2. The first kappa shape index (κ1) is 39.6. The van der Waals surface area contributed by atoms with Crippen LogP contribution in [0.4, 0.5) is 23.2 Å². The molecular weight excluding hydrogens is 769 g/mol. The van der Waals surface area contributed by atoms with Crippen molar-refractivity contribution in [2.75, 3.05) is 44.2 Å². The van der Waals surface area contributed by atoms with Crippen LogP contribution in [0.5, 0.6) is 5.75 Å². The van der Waals surface area contributed by atoms with Gasteiger partial charge >= 0.3 is 0 Å². The van der Waals surface area contributed by atoms with Crippen LogP contribution in [0.3, 0.4) is 0 Å². The van der Waals surface area contributed by atoms with E-state index in [1.165, 1.54) is 23.1 Å². The normalized spacial score (nSPS) is 24.9. The van der Waals surface area contributed by atoms with Gasteiger partial charge in [0, 0.05) is 62.5 Å². The highest BCUT2D eigenvalue weighted by Crippen LogP contribution is 2.43. The third-order valence-corrected chi connectivity index (χ3v) is 13.6. The number of aromatic hydroxyl groups is 1. The van der Waals surface area contributed by atoms with Gasteiger partial charge in [-0.25, -0.2) is 17.6 Å². The molecule has 59 heavy (non-hydrogen) atoms. The molecule has 6 aliphatic rings. The Morgan fingerprint density at radius 1 is 0.814 bits per heavy atom. The summed E-state index contributed by atoms with van der Waals surface area (Å²) >= 11 is 0. The SMILES string of the molecule is C[C@@H]1Cc2cc(O)ccc2[C@@H](c2c(F)cc(N3CCC(CN4CCC(N5Cc6cc7c(cc6C5)C(=O)N(C5CCC(=O)NC5=O)C7=O)CC4)CC3)cc2F)N1CC(F)F. The number of nitrogens with one attached hydrogen (secondary N) is 1. The molecule has 6 aliphatic heterocycles. The number of nitrogens with zero attached hydrogens (tertiary/aromatic N) is 5. The fourth-order valence-corrected chi connectivity index (χ4v) is 10.5. The van der Waals surface area contributed by atoms with Crippen molar-refractivity contribution in [1.29, 1.82) is 0 Å². The number of fused-ring (bicyclic) bond motifs is 3. The molecule has 3 atom stereocenters. The largest absolute Gasteiger partial charge is 0.508 e. The van der Waals surface area contributed by atoms with Crippen molar-refractivity contribution in [3.8, 4) is 5.75 Å². The van der Waals surface area contributed by atoms with Crippen LogP contribution in [-0.2, 0) is 29.1 Å². The Kier molecular flexibility index (Phi) is 10.5. The number of phenolic OH excluding ortho intramolecular Hbond substituents is 1. The Balaban J connectivity index is 0.783. The van der Waals surface area contributed by atoms with Gasteiger partial charge in [0.2, 0.25) is 11.8 Å². The summed E-state index contributed by atoms with van der Waals surface area (Å²) in [6.45, 7) is 6.60. The number of alkyl halides is 2. The third kappa shape index (κ3) is 7.39. The maximum atomic E-state index is 16.1. The summed E-state index contributed by atoms with van der Waals surface area (Å²) in [6.07, 6.45) is 1.60. The van der Waals surface area contributed by atoms with Crippen LogP contribution in [0.25, 0.3) is 0 Å². The van der Waals surface area contributed by atoms with E-state index in [1.54, 1.807) is 19.1 Å². The maximum absolute atomic E-state index is 16.1. The van der Waals surface area contributed by atoms with Gasteiger partial charge < -0.3 is 14.9 Å². The Bertz CT molecular complexity index is 2140. The van der Waals surface area contributed by atoms with Gasteiger partial charge in [0.1, 0.15) is 23.4 Å². The number of likely N-dealkylation sites (tertiary alicyclic amines) is 1. The summed E-state index contributed by atoms with van der Waals surface area (Å²) in [5.74, 6) is -3.09. The maximum Gasteiger partial charge on any atom is 0.262 e. The first-order valence-corrected chi connectivity index (χ1v) is 20.8. The Morgan fingerprint density at radius 2 is 1.46 bits per heavy atom. The van der Waals surface area contributed by atoms with E-state index in [0.717, 1.165) is 61.3 Å². The average Bonchev–Trinajstić information content (AvgIpc) is 3.72. The van der Waals surface area contributed by atoms with Crippen LogP contribution < -0.4 is 10.2 Å². The van der Waals surface area contributed by atoms with Crippen molar-refractivity contribution in [3.63, 3.8) is 0 Å². The van der Waals surface area contributed by atoms with E-state index in [-0.39, 0.29) is 24.2 Å². The number of anilines is 1. The molecule has 3 saturated heterocycles. The number of rotatable bonds is 8. The molecule has 9 rings (SSSR count). The summed E-state index contributed by atoms with van der Waals surface area (Å²) in [6, 6.07) is 8.73. The average molecular weight is 817 g/mol. The van der Waals surface area contributed by atoms with Crippen molar-refractivity contribution < 1.29 is 41.8 Å². The molecule has 3 aromatic rings. The topological polar surface area (TPSA) is 117 Å². The van der Waals surface area contributed by atoms with Gasteiger partial charge in [-0.3, -0.25) is 39.2 Å². The standard InChI is InChI=1S/C44H48F4N6O5/c1-24-14-26-15-31(55)2-3-32(26)41(53(24)23-38(47)48)40-35(45)18-30(19-36(40)46)51-12-6-25(7-13-51)20-50-10-8-29(9-11-50)52-21-27-16-33-34(17-28(27)22-52)44(59)54(43(33)58)37-4-5-39(56)49-42(37)57/h2-3,15-19,24-25,29,37-38,41,55H,4-14,20-23H2,1H3,(H,49,56,57)/t24-,37?,41+/m1/s1. The summed E-state index contributed by atoms with van der Waals surface area (Å²) in [7, 11) is 0. The quantitative estimate of drug-likeness (QED) is 0.229. The molecule has 2 N–H and O–H groups in total. The number of imide groups is 2. The van der Waals surface area contributed by atoms with Gasteiger partial charge in [-0.15, -0.1) is 0 Å². The molecular formula is C44H48F4N6O5. The second-order valence-corrected chi connectivity index (χ2v) is 17.2. The minimum absolute atomic E-state index is 0.0167. The first-order valence-electron chi connectivity index (χ1n) is 20.8. The predicted octanol–water partition coefficient (Wildman–Crippen LogP) is 5.37. The minimum atomic E-state index is -2.69. The van der Waals surface area contributed by atoms with E-state index in [0.29, 0.717) is 72.5 Å². The number of carbonyl (C=O) groups is 4. The second-order valence-electron chi connectivity index (χ2n) is 17.2. The van der Waals surface area contributed by atoms with Gasteiger partial charge in [0.25, 0.3) is 18.2 Å². The molecule has 0 bridgehead atoms. The minimum Gasteiger partial charge on any atom is -0.508 e. The highest BCUT2D eigenvalue weighted by molar-refractivity contribution is 6.23. The smallest absolute Gasteiger partial charge is 0.262 e. The van der Waals surface area contributed by atoms with Crippen molar-refractivity contribution in [1.82, 2.24) is 24.9 Å². The molecule has 0 spiro atoms. The number of halogens is 4. The highest BCUT2D eigenvalue weighted by Gasteiger charge is 2.46. The fourth-order valence-electron chi connectivity index (χ4n) is 10.5. The van der Waals surface area contributed by atoms with Crippen molar-refractivity contribution >= 4 is 29.3 Å². The van der Waals surface area contributed by atoms with Crippen molar-refractivity contribution in [2.24, 2.45) is 5.92 Å². The summed E-state index contributed by atoms with van der Waals surface area (Å²) in [5.41, 5.74) is 4.05. The van der Waals surface area contributed by atoms with E-state index in [4.69, 9.17) is 0 Å². The van der Waals surface area contributed by atoms with Gasteiger partial charge in [0.15, 0.2) is 0 Å². The lowest BCUT2D eigenvalue weighted by Crippen LogP contribution is -2.54. The van der Waals surface area contributed by atoms with E-state index < -0.39 is 66.4 Å². The summed E-state index contributed by atoms with van der Waals surface area (Å²) < 4.78 is 59.6. The van der Waals surface area contributed by atoms with Crippen molar-refractivity contribution in [3.05, 3.63) is 93.0 Å². The van der Waals surface area contributed by atoms with Crippen molar-refractivity contribution in [2.45, 2.75) is 95.6 Å². The lowest BCUT2D eigenvalue weighted by atomic mass is 9.84. The van der Waals surface area contributed by atoms with Crippen LogP contribution in [0.15, 0.2) is 42.5 Å². The lowest BCUT2D eigenvalue weighted by molar-refractivity contribution is -0.136. The fraction of sp³-hybridized carbons (Fsp3) is 0.500. The number of piperidine rings is 3. The highest BCUT2D eigenvalue weighted by atomic mass is 19.3. The zero-order chi connectivity index (χ0) is 41.3. The molecule has 1 unspecified atom stereocenters. The van der Waals surface area contributed by atoms with Crippen LogP contribution in [0.2, 0.25) is 0 Å². The Hall–Kier alpha value is -4.86. The molecule has 6 heterocycles. The third-order valence-electron chi connectivity index (χ3n) is 13.6. The van der Waals surface area contributed by atoms with E-state index in [2.05, 4.69) is 15.1 Å². The zero-order valence-corrected chi connectivity index (χ0v) is 32.9. The number of hydrogen-bond donors (Lipinski definition) is 2. The number of phenols is 1. The molecule has 0 saturated carbocycles. The Labute approximate surface area is 339 Å². The number of benzene rings is 3. The molecule has 4 amide bonds. The van der Waals surface area contributed by atoms with E-state index in [9.17, 15) is 33.1 Å². The van der Waals surface area contributed by atoms with Crippen LogP contribution in [0.1, 0.15) is 100 Å². The summed E-state index contributed by atoms with van der Waals surface area (Å²) in [5, 5.41) is 12.3. The molecule has 312 valence electrons. The number of hydrogen-bond acceptors (Lipinski definition) is 9. The number of amides is 4. The number of carbonyl (C=O) groups excluding carboxylic acids is 4. The monoisotopic (exact) mass is 816 g/mol. The molecule has 11 nitrogen and oxygen atoms in total. The van der Waals surface area contributed by atoms with E-state index >= 15 is 8.78 Å². The molecule has 15 heteroatoms. The molecule has 0 radical (unpaired) electrons. The molecule has 3 fully saturated rings. The van der Waals surface area contributed by atoms with Crippen LogP contribution in [-0.4, -0.2) is 112 Å². The van der Waals surface area contributed by atoms with Gasteiger partial charge in [-0.2, -0.15) is 0 Å². The van der Waals surface area contributed by atoms with Crippen LogP contribution >= 0.6 is 0 Å². The zero-order valence-electron chi connectivity index (χ0n) is 32.9. The second kappa shape index (κ2) is 15.6. The molecule has 3 aromatic carbocycles.